The Morgan fingerprint density at radius 1 is 1.07 bits per heavy atom. The molecular weight excluding hydrogens is 332 g/mol. The van der Waals surface area contributed by atoms with Gasteiger partial charge < -0.3 is 10.2 Å². The molecule has 0 aliphatic heterocycles. The SMILES string of the molecule is CC(C)=CCC[C@@](C)(O)[C@H]1C/C=C(\CO)CC/C=C(/C)CC/C=C(\C)CC1. The summed E-state index contributed by atoms with van der Waals surface area (Å²) in [5.41, 5.74) is 4.59. The van der Waals surface area contributed by atoms with Gasteiger partial charge in [-0.2, -0.15) is 0 Å². The first-order chi connectivity index (χ1) is 12.7. The topological polar surface area (TPSA) is 40.5 Å². The van der Waals surface area contributed by atoms with E-state index in [9.17, 15) is 10.2 Å². The van der Waals surface area contributed by atoms with Gasteiger partial charge in [0.1, 0.15) is 0 Å². The highest BCUT2D eigenvalue weighted by Gasteiger charge is 2.30. The highest BCUT2D eigenvalue weighted by atomic mass is 16.3. The van der Waals surface area contributed by atoms with E-state index in [2.05, 4.69) is 52.0 Å². The average molecular weight is 375 g/mol. The van der Waals surface area contributed by atoms with Crippen molar-refractivity contribution in [3.63, 3.8) is 0 Å². The van der Waals surface area contributed by atoms with E-state index in [0.29, 0.717) is 0 Å². The lowest BCUT2D eigenvalue weighted by atomic mass is 9.78. The maximum Gasteiger partial charge on any atom is 0.0653 e. The van der Waals surface area contributed by atoms with Crippen molar-refractivity contribution in [2.75, 3.05) is 6.61 Å². The van der Waals surface area contributed by atoms with Gasteiger partial charge in [-0.1, -0.05) is 41.0 Å². The highest BCUT2D eigenvalue weighted by Crippen LogP contribution is 2.32. The fourth-order valence-electron chi connectivity index (χ4n) is 3.75. The second kappa shape index (κ2) is 12.4. The molecule has 0 spiro atoms. The number of hydrogen-bond donors (Lipinski definition) is 2. The van der Waals surface area contributed by atoms with Crippen molar-refractivity contribution in [3.8, 4) is 0 Å². The molecule has 0 fully saturated rings. The molecule has 2 nitrogen and oxygen atoms in total. The highest BCUT2D eigenvalue weighted by molar-refractivity contribution is 5.09. The van der Waals surface area contributed by atoms with Gasteiger partial charge in [0.25, 0.3) is 0 Å². The van der Waals surface area contributed by atoms with Crippen LogP contribution < -0.4 is 0 Å². The summed E-state index contributed by atoms with van der Waals surface area (Å²) >= 11 is 0. The summed E-state index contributed by atoms with van der Waals surface area (Å²) in [6, 6.07) is 0. The van der Waals surface area contributed by atoms with Crippen LogP contribution in [0.4, 0.5) is 0 Å². The molecule has 0 aromatic rings. The first-order valence-corrected chi connectivity index (χ1v) is 10.7. The molecule has 2 N–H and O–H groups in total. The predicted molar refractivity (Wildman–Crippen MR) is 118 cm³/mol. The summed E-state index contributed by atoms with van der Waals surface area (Å²) in [7, 11) is 0. The van der Waals surface area contributed by atoms with Crippen molar-refractivity contribution in [2.24, 2.45) is 5.92 Å². The second-order valence-electron chi connectivity index (χ2n) is 8.85. The lowest BCUT2D eigenvalue weighted by Crippen LogP contribution is -2.34. The summed E-state index contributed by atoms with van der Waals surface area (Å²) in [4.78, 5) is 0. The molecule has 0 saturated heterocycles. The number of aliphatic hydroxyl groups is 2. The summed E-state index contributed by atoms with van der Waals surface area (Å²) < 4.78 is 0. The summed E-state index contributed by atoms with van der Waals surface area (Å²) in [5.74, 6) is 0.216. The molecule has 0 aromatic heterocycles. The first-order valence-electron chi connectivity index (χ1n) is 10.7. The monoisotopic (exact) mass is 374 g/mol. The minimum absolute atomic E-state index is 0.123. The van der Waals surface area contributed by atoms with Crippen LogP contribution in [0.2, 0.25) is 0 Å². The number of hydrogen-bond acceptors (Lipinski definition) is 2. The van der Waals surface area contributed by atoms with Gasteiger partial charge in [-0.05, 0) is 104 Å². The van der Waals surface area contributed by atoms with Gasteiger partial charge in [-0.3, -0.25) is 0 Å². The maximum absolute atomic E-state index is 11.2. The Morgan fingerprint density at radius 3 is 2.33 bits per heavy atom. The van der Waals surface area contributed by atoms with E-state index < -0.39 is 5.60 Å². The van der Waals surface area contributed by atoms with E-state index in [1.165, 1.54) is 16.7 Å². The Hall–Kier alpha value is -1.12. The van der Waals surface area contributed by atoms with Gasteiger partial charge in [-0.25, -0.2) is 0 Å². The van der Waals surface area contributed by atoms with E-state index in [-0.39, 0.29) is 12.5 Å². The predicted octanol–water partition coefficient (Wildman–Crippen LogP) is 6.66. The maximum atomic E-state index is 11.2. The Morgan fingerprint density at radius 2 is 1.70 bits per heavy atom. The fourth-order valence-corrected chi connectivity index (χ4v) is 3.75. The zero-order valence-electron chi connectivity index (χ0n) is 18.4. The van der Waals surface area contributed by atoms with E-state index in [1.54, 1.807) is 0 Å². The minimum Gasteiger partial charge on any atom is -0.392 e. The molecule has 2 heteroatoms. The van der Waals surface area contributed by atoms with Crippen LogP contribution in [0.15, 0.2) is 46.6 Å². The van der Waals surface area contributed by atoms with Gasteiger partial charge in [0.2, 0.25) is 0 Å². The Labute approximate surface area is 167 Å². The van der Waals surface area contributed by atoms with Gasteiger partial charge in [0.15, 0.2) is 0 Å². The second-order valence-corrected chi connectivity index (χ2v) is 8.85. The quantitative estimate of drug-likeness (QED) is 0.528. The van der Waals surface area contributed by atoms with Gasteiger partial charge >= 0.3 is 0 Å². The molecule has 0 heterocycles. The van der Waals surface area contributed by atoms with Crippen molar-refractivity contribution < 1.29 is 10.2 Å². The number of rotatable bonds is 5. The third-order valence-corrected chi connectivity index (χ3v) is 5.85. The molecule has 0 unspecified atom stereocenters. The van der Waals surface area contributed by atoms with E-state index in [4.69, 9.17) is 0 Å². The molecule has 27 heavy (non-hydrogen) atoms. The number of aliphatic hydroxyl groups excluding tert-OH is 1. The fraction of sp³-hybridized carbons (Fsp3) is 0.680. The van der Waals surface area contributed by atoms with E-state index >= 15 is 0 Å². The first kappa shape index (κ1) is 23.9. The van der Waals surface area contributed by atoms with Crippen LogP contribution in [-0.4, -0.2) is 22.4 Å². The van der Waals surface area contributed by atoms with Crippen LogP contribution in [0.3, 0.4) is 0 Å². The lowest BCUT2D eigenvalue weighted by Gasteiger charge is -2.33. The summed E-state index contributed by atoms with van der Waals surface area (Å²) in [6.07, 6.45) is 17.8. The van der Waals surface area contributed by atoms with Crippen LogP contribution >= 0.6 is 0 Å². The smallest absolute Gasteiger partial charge is 0.0653 e. The normalized spacial score (nSPS) is 28.4. The summed E-state index contributed by atoms with van der Waals surface area (Å²) in [5, 5.41) is 20.9. The molecule has 0 amide bonds. The van der Waals surface area contributed by atoms with Crippen LogP contribution in [0.5, 0.6) is 0 Å². The molecule has 1 aliphatic carbocycles. The molecular formula is C25H42O2. The van der Waals surface area contributed by atoms with Crippen molar-refractivity contribution in [1.82, 2.24) is 0 Å². The van der Waals surface area contributed by atoms with Crippen LogP contribution in [0.25, 0.3) is 0 Å². The van der Waals surface area contributed by atoms with Crippen LogP contribution in [0.1, 0.15) is 92.4 Å². The number of allylic oxidation sites excluding steroid dienone is 7. The van der Waals surface area contributed by atoms with E-state index in [1.807, 2.05) is 6.92 Å². The van der Waals surface area contributed by atoms with Crippen LogP contribution in [-0.2, 0) is 0 Å². The van der Waals surface area contributed by atoms with E-state index in [0.717, 1.165) is 63.4 Å². The summed E-state index contributed by atoms with van der Waals surface area (Å²) in [6.45, 7) is 10.8. The van der Waals surface area contributed by atoms with Gasteiger partial charge in [-0.15, -0.1) is 0 Å². The average Bonchev–Trinajstić information content (AvgIpc) is 2.58. The van der Waals surface area contributed by atoms with Crippen LogP contribution in [0, 0.1) is 5.92 Å². The molecule has 0 saturated carbocycles. The third kappa shape index (κ3) is 10.1. The molecule has 0 radical (unpaired) electrons. The Balaban J connectivity index is 2.95. The van der Waals surface area contributed by atoms with Crippen molar-refractivity contribution in [2.45, 2.75) is 98.0 Å². The zero-order valence-corrected chi connectivity index (χ0v) is 18.4. The molecule has 2 atom stereocenters. The van der Waals surface area contributed by atoms with Crippen molar-refractivity contribution in [1.29, 1.82) is 0 Å². The Bertz CT molecular complexity index is 557. The largest absolute Gasteiger partial charge is 0.392 e. The molecule has 0 bridgehead atoms. The molecule has 0 aromatic carbocycles. The minimum atomic E-state index is -0.684. The standard InChI is InChI=1S/C25H42O2/c1-20(2)9-8-18-25(5,27)24-16-14-22(4)11-6-10-21(3)12-7-13-23(19-26)15-17-24/h9,11-12,15,24,26-27H,6-8,10,13-14,16-19H2,1-5H3/b21-12-,22-11+,23-15-/t24-,25-/m1/s1. The van der Waals surface area contributed by atoms with Crippen molar-refractivity contribution in [3.05, 3.63) is 46.6 Å². The molecule has 1 rings (SSSR count). The van der Waals surface area contributed by atoms with Gasteiger partial charge in [0.05, 0.1) is 12.2 Å². The molecule has 1 aliphatic rings. The third-order valence-electron chi connectivity index (χ3n) is 5.85. The van der Waals surface area contributed by atoms with Gasteiger partial charge in [0, 0.05) is 0 Å². The zero-order chi connectivity index (χ0) is 20.3. The Kier molecular flexibility index (Phi) is 10.9. The lowest BCUT2D eigenvalue weighted by molar-refractivity contribution is -0.0105. The van der Waals surface area contributed by atoms with Crippen molar-refractivity contribution >= 4 is 0 Å². The molecule has 154 valence electrons.